The van der Waals surface area contributed by atoms with Crippen molar-refractivity contribution < 1.29 is 0 Å². The van der Waals surface area contributed by atoms with Crippen LogP contribution in [0.3, 0.4) is 0 Å². The van der Waals surface area contributed by atoms with Crippen molar-refractivity contribution in [2.45, 2.75) is 26.8 Å². The molecule has 1 rings (SSSR count). The first-order valence-corrected chi connectivity index (χ1v) is 5.78. The molecule has 0 aromatic carbocycles. The third-order valence-corrected chi connectivity index (χ3v) is 3.82. The number of hydrogen-bond acceptors (Lipinski definition) is 2. The molecule has 0 fully saturated rings. The van der Waals surface area contributed by atoms with Gasteiger partial charge in [0, 0.05) is 6.04 Å². The Morgan fingerprint density at radius 3 is 2.38 bits per heavy atom. The molecule has 0 saturated heterocycles. The second-order valence-corrected chi connectivity index (χ2v) is 5.30. The van der Waals surface area contributed by atoms with Crippen molar-refractivity contribution in [1.29, 1.82) is 0 Å². The van der Waals surface area contributed by atoms with E-state index >= 15 is 0 Å². The zero-order chi connectivity index (χ0) is 10.0. The maximum Gasteiger partial charge on any atom is 0.0976 e. The second kappa shape index (κ2) is 4.45. The molecule has 2 unspecified atom stereocenters. The highest BCUT2D eigenvalue weighted by Gasteiger charge is 2.20. The molecule has 0 amide bonds. The van der Waals surface area contributed by atoms with Crippen molar-refractivity contribution >= 4 is 22.9 Å². The molecular weight excluding hydrogens is 202 g/mol. The van der Waals surface area contributed by atoms with Crippen molar-refractivity contribution in [1.82, 2.24) is 0 Å². The molecule has 13 heavy (non-hydrogen) atoms. The fourth-order valence-electron chi connectivity index (χ4n) is 1.24. The summed E-state index contributed by atoms with van der Waals surface area (Å²) >= 11 is 7.57. The van der Waals surface area contributed by atoms with Crippen molar-refractivity contribution in [2.75, 3.05) is 0 Å². The highest BCUT2D eigenvalue weighted by Crippen LogP contribution is 2.33. The molecular formula is C10H16ClNS. The Balaban J connectivity index is 2.79. The van der Waals surface area contributed by atoms with Gasteiger partial charge in [-0.15, -0.1) is 11.3 Å². The average molecular weight is 218 g/mol. The van der Waals surface area contributed by atoms with Crippen LogP contribution < -0.4 is 5.73 Å². The second-order valence-electron chi connectivity index (χ2n) is 3.78. The van der Waals surface area contributed by atoms with Gasteiger partial charge in [-0.2, -0.15) is 0 Å². The summed E-state index contributed by atoms with van der Waals surface area (Å²) in [5.74, 6) is 1.05. The van der Waals surface area contributed by atoms with Crippen LogP contribution in [0.2, 0.25) is 4.34 Å². The van der Waals surface area contributed by atoms with E-state index in [0.29, 0.717) is 11.8 Å². The van der Waals surface area contributed by atoms with Crippen molar-refractivity contribution in [3.63, 3.8) is 0 Å². The summed E-state index contributed by atoms with van der Waals surface area (Å²) in [5, 5.41) is 1.99. The summed E-state index contributed by atoms with van der Waals surface area (Å²) in [6.45, 7) is 6.54. The number of thiophene rings is 1. The summed E-state index contributed by atoms with van der Waals surface area (Å²) in [6.07, 6.45) is 0. The third kappa shape index (κ3) is 2.46. The number of nitrogens with two attached hydrogens (primary N) is 1. The van der Waals surface area contributed by atoms with Gasteiger partial charge in [-0.25, -0.2) is 0 Å². The van der Waals surface area contributed by atoms with Gasteiger partial charge in [-0.1, -0.05) is 32.4 Å². The minimum absolute atomic E-state index is 0.0683. The van der Waals surface area contributed by atoms with Gasteiger partial charge in [0.2, 0.25) is 0 Å². The predicted molar refractivity (Wildman–Crippen MR) is 60.3 cm³/mol. The zero-order valence-electron chi connectivity index (χ0n) is 8.25. The van der Waals surface area contributed by atoms with E-state index in [-0.39, 0.29) is 6.04 Å². The Hall–Kier alpha value is -0.0500. The van der Waals surface area contributed by atoms with Gasteiger partial charge >= 0.3 is 0 Å². The fourth-order valence-corrected chi connectivity index (χ4v) is 2.26. The van der Waals surface area contributed by atoms with Crippen LogP contribution in [0.1, 0.15) is 32.4 Å². The molecule has 2 N–H and O–H groups in total. The van der Waals surface area contributed by atoms with Crippen LogP contribution >= 0.6 is 22.9 Å². The van der Waals surface area contributed by atoms with Gasteiger partial charge < -0.3 is 5.73 Å². The highest BCUT2D eigenvalue weighted by atomic mass is 35.5. The van der Waals surface area contributed by atoms with Gasteiger partial charge in [0.1, 0.15) is 0 Å². The number of hydrogen-bond donors (Lipinski definition) is 1. The molecule has 2 atom stereocenters. The first-order chi connectivity index (χ1) is 6.04. The maximum absolute atomic E-state index is 6.11. The quantitative estimate of drug-likeness (QED) is 0.821. The highest BCUT2D eigenvalue weighted by molar-refractivity contribution is 7.14. The summed E-state index contributed by atoms with van der Waals surface area (Å²) in [7, 11) is 0. The zero-order valence-corrected chi connectivity index (χ0v) is 9.82. The lowest BCUT2D eigenvalue weighted by atomic mass is 9.88. The van der Waals surface area contributed by atoms with Crippen molar-refractivity contribution in [3.8, 4) is 0 Å². The Kier molecular flexibility index (Phi) is 3.77. The fraction of sp³-hybridized carbons (Fsp3) is 0.600. The lowest BCUT2D eigenvalue weighted by molar-refractivity contribution is 0.353. The lowest BCUT2D eigenvalue weighted by Gasteiger charge is -2.22. The number of halogens is 1. The standard InChI is InChI=1S/C10H16ClNS/c1-6(2)7(3)9(12)8-4-5-13-10(8)11/h4-7,9H,12H2,1-3H3. The maximum atomic E-state index is 6.11. The SMILES string of the molecule is CC(C)C(C)C(N)c1ccsc1Cl. The molecule has 0 aliphatic carbocycles. The normalized spacial score (nSPS) is 16.2. The smallest absolute Gasteiger partial charge is 0.0976 e. The van der Waals surface area contributed by atoms with Crippen LogP contribution in [-0.4, -0.2) is 0 Å². The van der Waals surface area contributed by atoms with Crippen LogP contribution in [0.25, 0.3) is 0 Å². The molecule has 3 heteroatoms. The van der Waals surface area contributed by atoms with E-state index in [0.717, 1.165) is 9.90 Å². The number of rotatable bonds is 3. The van der Waals surface area contributed by atoms with E-state index in [1.54, 1.807) is 11.3 Å². The topological polar surface area (TPSA) is 26.0 Å². The van der Waals surface area contributed by atoms with Gasteiger partial charge in [0.25, 0.3) is 0 Å². The summed E-state index contributed by atoms with van der Waals surface area (Å²) in [5.41, 5.74) is 7.20. The Bertz CT molecular complexity index is 270. The average Bonchev–Trinajstić information content (AvgIpc) is 2.48. The van der Waals surface area contributed by atoms with Crippen LogP contribution in [0, 0.1) is 11.8 Å². The van der Waals surface area contributed by atoms with Crippen LogP contribution in [0.5, 0.6) is 0 Å². The first kappa shape index (κ1) is 11.0. The van der Waals surface area contributed by atoms with Gasteiger partial charge in [0.15, 0.2) is 0 Å². The van der Waals surface area contributed by atoms with E-state index in [4.69, 9.17) is 17.3 Å². The summed E-state index contributed by atoms with van der Waals surface area (Å²) in [6, 6.07) is 2.09. The molecule has 1 heterocycles. The Morgan fingerprint density at radius 2 is 2.00 bits per heavy atom. The molecule has 0 bridgehead atoms. The minimum Gasteiger partial charge on any atom is -0.324 e. The van der Waals surface area contributed by atoms with E-state index in [2.05, 4.69) is 20.8 Å². The molecule has 1 aromatic rings. The van der Waals surface area contributed by atoms with E-state index in [9.17, 15) is 0 Å². The van der Waals surface area contributed by atoms with E-state index in [1.165, 1.54) is 0 Å². The van der Waals surface area contributed by atoms with Crippen LogP contribution in [-0.2, 0) is 0 Å². The molecule has 0 aliphatic heterocycles. The van der Waals surface area contributed by atoms with Gasteiger partial charge in [0.05, 0.1) is 4.34 Å². The first-order valence-electron chi connectivity index (χ1n) is 4.52. The van der Waals surface area contributed by atoms with Gasteiger partial charge in [-0.05, 0) is 28.8 Å². The van der Waals surface area contributed by atoms with Crippen molar-refractivity contribution in [3.05, 3.63) is 21.3 Å². The molecule has 0 spiro atoms. The predicted octanol–water partition coefficient (Wildman–Crippen LogP) is 3.69. The third-order valence-electron chi connectivity index (χ3n) is 2.62. The molecule has 0 aliphatic rings. The minimum atomic E-state index is 0.0683. The summed E-state index contributed by atoms with van der Waals surface area (Å²) < 4.78 is 0.833. The lowest BCUT2D eigenvalue weighted by Crippen LogP contribution is -2.22. The van der Waals surface area contributed by atoms with Crippen molar-refractivity contribution in [2.24, 2.45) is 17.6 Å². The van der Waals surface area contributed by atoms with Crippen LogP contribution in [0.4, 0.5) is 0 Å². The Labute approximate surface area is 88.9 Å². The van der Waals surface area contributed by atoms with E-state index in [1.807, 2.05) is 11.4 Å². The molecule has 1 nitrogen and oxygen atoms in total. The molecule has 1 aromatic heterocycles. The Morgan fingerprint density at radius 1 is 1.38 bits per heavy atom. The van der Waals surface area contributed by atoms with E-state index < -0.39 is 0 Å². The molecule has 74 valence electrons. The molecule has 0 saturated carbocycles. The van der Waals surface area contributed by atoms with Crippen LogP contribution in [0.15, 0.2) is 11.4 Å². The summed E-state index contributed by atoms with van der Waals surface area (Å²) in [4.78, 5) is 0. The molecule has 0 radical (unpaired) electrons. The monoisotopic (exact) mass is 217 g/mol. The van der Waals surface area contributed by atoms with Gasteiger partial charge in [-0.3, -0.25) is 0 Å². The largest absolute Gasteiger partial charge is 0.324 e.